The fraction of sp³-hybridized carbons (Fsp3) is 0.520. The molecule has 4 bridgehead atoms. The first-order valence-electron chi connectivity index (χ1n) is 11.0. The second-order valence-corrected chi connectivity index (χ2v) is 9.42. The van der Waals surface area contributed by atoms with Crippen molar-refractivity contribution < 1.29 is 18.8 Å². The van der Waals surface area contributed by atoms with Gasteiger partial charge in [-0.2, -0.15) is 0 Å². The lowest BCUT2D eigenvalue weighted by molar-refractivity contribution is -0.696. The zero-order valence-electron chi connectivity index (χ0n) is 17.2. The monoisotopic (exact) mass is 392 g/mol. The number of carbonyl (C=O) groups is 1. The summed E-state index contributed by atoms with van der Waals surface area (Å²) in [5, 5.41) is 0. The molecule has 4 aliphatic carbocycles. The zero-order valence-corrected chi connectivity index (χ0v) is 17.2. The summed E-state index contributed by atoms with van der Waals surface area (Å²) in [6.45, 7) is 0.829. The number of pyridine rings is 1. The molecule has 0 amide bonds. The van der Waals surface area contributed by atoms with Gasteiger partial charge < -0.3 is 9.47 Å². The normalized spacial score (nSPS) is 29.6. The van der Waals surface area contributed by atoms with Gasteiger partial charge in [0.15, 0.2) is 18.9 Å². The van der Waals surface area contributed by atoms with E-state index >= 15 is 0 Å². The van der Waals surface area contributed by atoms with Crippen molar-refractivity contribution in [2.24, 2.45) is 23.2 Å². The van der Waals surface area contributed by atoms with Gasteiger partial charge in [-0.15, -0.1) is 0 Å². The number of aromatic nitrogens is 1. The molecule has 0 N–H and O–H groups in total. The van der Waals surface area contributed by atoms with Crippen LogP contribution in [0.2, 0.25) is 0 Å². The molecule has 4 aliphatic rings. The van der Waals surface area contributed by atoms with Crippen molar-refractivity contribution in [3.05, 3.63) is 54.4 Å². The third-order valence-corrected chi connectivity index (χ3v) is 7.36. The lowest BCUT2D eigenvalue weighted by Gasteiger charge is -2.55. The summed E-state index contributed by atoms with van der Waals surface area (Å²) in [5.41, 5.74) is 0.791. The predicted molar refractivity (Wildman–Crippen MR) is 110 cm³/mol. The van der Waals surface area contributed by atoms with Crippen molar-refractivity contribution in [1.82, 2.24) is 0 Å². The average Bonchev–Trinajstić information content (AvgIpc) is 2.72. The number of nitrogens with zero attached hydrogens (tertiary/aromatic N) is 1. The van der Waals surface area contributed by atoms with Crippen LogP contribution in [0.5, 0.6) is 11.5 Å². The first-order valence-corrected chi connectivity index (χ1v) is 11.0. The van der Waals surface area contributed by atoms with E-state index < -0.39 is 0 Å². The van der Waals surface area contributed by atoms with E-state index in [2.05, 4.69) is 17.0 Å². The molecule has 4 fully saturated rings. The minimum atomic E-state index is -0.236. The summed E-state index contributed by atoms with van der Waals surface area (Å²) in [4.78, 5) is 13.4. The quantitative estimate of drug-likeness (QED) is 0.417. The van der Waals surface area contributed by atoms with Gasteiger partial charge >= 0.3 is 5.97 Å². The molecular formula is C25H30NO3+. The first kappa shape index (κ1) is 18.7. The van der Waals surface area contributed by atoms with Crippen LogP contribution in [0.4, 0.5) is 0 Å². The van der Waals surface area contributed by atoms with Gasteiger partial charge in [0, 0.05) is 24.1 Å². The summed E-state index contributed by atoms with van der Waals surface area (Å²) >= 11 is 0. The third kappa shape index (κ3) is 3.65. The largest absolute Gasteiger partial charge is 0.497 e. The van der Waals surface area contributed by atoms with E-state index in [0.717, 1.165) is 61.3 Å². The molecule has 0 unspecified atom stereocenters. The number of benzene rings is 1. The molecule has 2 aromatic rings. The van der Waals surface area contributed by atoms with Crippen LogP contribution < -0.4 is 14.0 Å². The Morgan fingerprint density at radius 3 is 2.31 bits per heavy atom. The predicted octanol–water partition coefficient (Wildman–Crippen LogP) is 4.35. The second kappa shape index (κ2) is 7.47. The zero-order chi connectivity index (χ0) is 19.8. The van der Waals surface area contributed by atoms with E-state index in [0.29, 0.717) is 5.75 Å². The SMILES string of the molecule is COc1ccc(OC(=O)C23CC4CC(CC(C4)C2)C3)c(CC[n+]2ccccc2)c1. The van der Waals surface area contributed by atoms with Crippen molar-refractivity contribution in [3.63, 3.8) is 0 Å². The lowest BCUT2D eigenvalue weighted by atomic mass is 9.49. The molecule has 1 heterocycles. The number of ether oxygens (including phenoxy) is 2. The van der Waals surface area contributed by atoms with E-state index in [9.17, 15) is 4.79 Å². The smallest absolute Gasteiger partial charge is 0.317 e. The number of methoxy groups -OCH3 is 1. The molecule has 0 radical (unpaired) electrons. The Bertz CT molecular complexity index is 857. The van der Waals surface area contributed by atoms with Gasteiger partial charge in [-0.05, 0) is 74.5 Å². The van der Waals surface area contributed by atoms with Crippen LogP contribution in [0.25, 0.3) is 0 Å². The van der Waals surface area contributed by atoms with Crippen LogP contribution >= 0.6 is 0 Å². The van der Waals surface area contributed by atoms with E-state index in [-0.39, 0.29) is 11.4 Å². The highest BCUT2D eigenvalue weighted by molar-refractivity contribution is 5.80. The molecule has 4 saturated carbocycles. The molecular weight excluding hydrogens is 362 g/mol. The molecule has 4 heteroatoms. The van der Waals surface area contributed by atoms with E-state index in [1.165, 1.54) is 19.3 Å². The van der Waals surface area contributed by atoms with Gasteiger partial charge in [-0.1, -0.05) is 6.07 Å². The number of hydrogen-bond donors (Lipinski definition) is 0. The number of aryl methyl sites for hydroxylation is 2. The molecule has 29 heavy (non-hydrogen) atoms. The highest BCUT2D eigenvalue weighted by atomic mass is 16.5. The Morgan fingerprint density at radius 2 is 1.69 bits per heavy atom. The van der Waals surface area contributed by atoms with Crippen LogP contribution in [0.1, 0.15) is 44.1 Å². The number of rotatable bonds is 6. The van der Waals surface area contributed by atoms with Crippen molar-refractivity contribution >= 4 is 5.97 Å². The standard InChI is InChI=1S/C25H30NO3/c1-28-22-5-6-23(21(14-22)7-10-26-8-3-2-4-9-26)29-24(27)25-15-18-11-19(16-25)13-20(12-18)17-25/h2-6,8-9,14,18-20H,7,10-13,15-17H2,1H3/q+1. The van der Waals surface area contributed by atoms with Gasteiger partial charge in [0.25, 0.3) is 0 Å². The third-order valence-electron chi connectivity index (χ3n) is 7.36. The molecule has 1 aromatic heterocycles. The Hall–Kier alpha value is -2.36. The minimum Gasteiger partial charge on any atom is -0.497 e. The van der Waals surface area contributed by atoms with E-state index in [4.69, 9.17) is 9.47 Å². The molecule has 0 saturated heterocycles. The van der Waals surface area contributed by atoms with Crippen molar-refractivity contribution in [1.29, 1.82) is 0 Å². The number of carbonyl (C=O) groups excluding carboxylic acids is 1. The first-order chi connectivity index (χ1) is 14.1. The van der Waals surface area contributed by atoms with Crippen molar-refractivity contribution in [2.75, 3.05) is 7.11 Å². The van der Waals surface area contributed by atoms with Gasteiger partial charge in [0.05, 0.1) is 12.5 Å². The maximum Gasteiger partial charge on any atom is 0.317 e. The fourth-order valence-electron chi connectivity index (χ4n) is 6.38. The number of hydrogen-bond acceptors (Lipinski definition) is 3. The van der Waals surface area contributed by atoms with Crippen LogP contribution in [0.15, 0.2) is 48.8 Å². The molecule has 0 aliphatic heterocycles. The average molecular weight is 393 g/mol. The summed E-state index contributed by atoms with van der Waals surface area (Å²) < 4.78 is 13.7. The van der Waals surface area contributed by atoms with Crippen LogP contribution in [-0.2, 0) is 17.8 Å². The Labute approximate surface area is 172 Å². The molecule has 6 rings (SSSR count). The number of esters is 1. The molecule has 152 valence electrons. The van der Waals surface area contributed by atoms with Gasteiger partial charge in [0.2, 0.25) is 0 Å². The van der Waals surface area contributed by atoms with Crippen molar-refractivity contribution in [3.8, 4) is 11.5 Å². The van der Waals surface area contributed by atoms with Gasteiger partial charge in [0.1, 0.15) is 11.5 Å². The summed E-state index contributed by atoms with van der Waals surface area (Å²) in [6.07, 6.45) is 12.0. The topological polar surface area (TPSA) is 39.4 Å². The van der Waals surface area contributed by atoms with Crippen LogP contribution in [-0.4, -0.2) is 13.1 Å². The molecule has 4 nitrogen and oxygen atoms in total. The Kier molecular flexibility index (Phi) is 4.81. The highest BCUT2D eigenvalue weighted by Gasteiger charge is 2.55. The molecule has 0 atom stereocenters. The molecule has 0 spiro atoms. The van der Waals surface area contributed by atoms with E-state index in [1.807, 2.05) is 36.4 Å². The summed E-state index contributed by atoms with van der Waals surface area (Å²) in [5.74, 6) is 3.71. The maximum absolute atomic E-state index is 13.4. The Balaban J connectivity index is 1.35. The fourth-order valence-corrected chi connectivity index (χ4v) is 6.38. The lowest BCUT2D eigenvalue weighted by Crippen LogP contribution is -2.51. The second-order valence-electron chi connectivity index (χ2n) is 9.42. The summed E-state index contributed by atoms with van der Waals surface area (Å²) in [7, 11) is 1.67. The van der Waals surface area contributed by atoms with Crippen LogP contribution in [0, 0.1) is 23.2 Å². The Morgan fingerprint density at radius 1 is 1.03 bits per heavy atom. The van der Waals surface area contributed by atoms with Crippen LogP contribution in [0.3, 0.4) is 0 Å². The minimum absolute atomic E-state index is 0.00961. The van der Waals surface area contributed by atoms with E-state index in [1.54, 1.807) is 7.11 Å². The maximum atomic E-state index is 13.4. The van der Waals surface area contributed by atoms with Gasteiger partial charge in [-0.3, -0.25) is 4.79 Å². The summed E-state index contributed by atoms with van der Waals surface area (Å²) in [6, 6.07) is 11.9. The molecule has 1 aromatic carbocycles. The highest BCUT2D eigenvalue weighted by Crippen LogP contribution is 2.60. The van der Waals surface area contributed by atoms with Gasteiger partial charge in [-0.25, -0.2) is 4.57 Å². The van der Waals surface area contributed by atoms with Crippen molar-refractivity contribution in [2.45, 2.75) is 51.5 Å².